The van der Waals surface area contributed by atoms with Crippen LogP contribution in [0.25, 0.3) is 0 Å². The standard InChI is InChI=1S/C15H25N5O2S/c1-10(17-14(22)18-15(2,3)4)11-6-5-7-20(9-11)13(21)12-8-16-19-23-12/h8,10-11H,5-7,9H2,1-4H3,(H2,17,18,22)/t10-,11-/m0/s1. The maximum Gasteiger partial charge on any atom is 0.315 e. The number of urea groups is 1. The fraction of sp³-hybridized carbons (Fsp3) is 0.733. The number of hydrogen-bond donors (Lipinski definition) is 2. The van der Waals surface area contributed by atoms with Gasteiger partial charge >= 0.3 is 6.03 Å². The molecule has 0 unspecified atom stereocenters. The van der Waals surface area contributed by atoms with Gasteiger partial charge in [-0.15, -0.1) is 5.10 Å². The molecule has 0 aromatic carbocycles. The highest BCUT2D eigenvalue weighted by molar-refractivity contribution is 7.07. The average Bonchev–Trinajstić information content (AvgIpc) is 2.98. The summed E-state index contributed by atoms with van der Waals surface area (Å²) in [5.41, 5.74) is -0.266. The van der Waals surface area contributed by atoms with E-state index in [2.05, 4.69) is 20.2 Å². The summed E-state index contributed by atoms with van der Waals surface area (Å²) in [5.74, 6) is 0.232. The SMILES string of the molecule is C[C@H](NC(=O)NC(C)(C)C)[C@H]1CCCN(C(=O)c2cnns2)C1. The summed E-state index contributed by atoms with van der Waals surface area (Å²) >= 11 is 1.12. The molecule has 0 aliphatic carbocycles. The van der Waals surface area contributed by atoms with E-state index in [0.717, 1.165) is 30.9 Å². The van der Waals surface area contributed by atoms with Crippen LogP contribution in [0.2, 0.25) is 0 Å². The van der Waals surface area contributed by atoms with Crippen LogP contribution < -0.4 is 10.6 Å². The van der Waals surface area contributed by atoms with Gasteiger partial charge in [0, 0.05) is 24.7 Å². The van der Waals surface area contributed by atoms with Gasteiger partial charge in [-0.3, -0.25) is 4.79 Å². The number of nitrogens with one attached hydrogen (secondary N) is 2. The first-order valence-corrected chi connectivity index (χ1v) is 8.69. The smallest absolute Gasteiger partial charge is 0.315 e. The molecule has 23 heavy (non-hydrogen) atoms. The van der Waals surface area contributed by atoms with Gasteiger partial charge in [-0.1, -0.05) is 4.49 Å². The molecular weight excluding hydrogens is 314 g/mol. The van der Waals surface area contributed by atoms with Crippen molar-refractivity contribution in [3.63, 3.8) is 0 Å². The maximum atomic E-state index is 12.4. The lowest BCUT2D eigenvalue weighted by molar-refractivity contribution is 0.0658. The van der Waals surface area contributed by atoms with Gasteiger partial charge in [-0.05, 0) is 58.0 Å². The molecule has 1 aromatic heterocycles. The van der Waals surface area contributed by atoms with E-state index < -0.39 is 0 Å². The van der Waals surface area contributed by atoms with Crippen LogP contribution in [0.4, 0.5) is 4.79 Å². The molecule has 2 atom stereocenters. The lowest BCUT2D eigenvalue weighted by Crippen LogP contribution is -2.53. The van der Waals surface area contributed by atoms with Crippen molar-refractivity contribution in [1.29, 1.82) is 0 Å². The van der Waals surface area contributed by atoms with Crippen molar-refractivity contribution in [2.45, 2.75) is 52.1 Å². The first-order valence-electron chi connectivity index (χ1n) is 7.91. The van der Waals surface area contributed by atoms with E-state index in [1.807, 2.05) is 32.6 Å². The Bertz CT molecular complexity index is 541. The molecule has 0 saturated carbocycles. The Morgan fingerprint density at radius 3 is 2.78 bits per heavy atom. The molecule has 2 rings (SSSR count). The van der Waals surface area contributed by atoms with E-state index in [4.69, 9.17) is 0 Å². The average molecular weight is 339 g/mol. The summed E-state index contributed by atoms with van der Waals surface area (Å²) in [6, 6.07) is -0.160. The lowest BCUT2D eigenvalue weighted by atomic mass is 9.91. The van der Waals surface area contributed by atoms with Gasteiger partial charge in [0.15, 0.2) is 0 Å². The van der Waals surface area contributed by atoms with Gasteiger partial charge in [-0.2, -0.15) is 0 Å². The molecule has 0 spiro atoms. The summed E-state index contributed by atoms with van der Waals surface area (Å²) in [6.07, 6.45) is 3.45. The molecule has 1 saturated heterocycles. The largest absolute Gasteiger partial charge is 0.337 e. The van der Waals surface area contributed by atoms with Gasteiger partial charge in [0.2, 0.25) is 0 Å². The molecule has 1 aromatic rings. The van der Waals surface area contributed by atoms with E-state index in [1.165, 1.54) is 6.20 Å². The van der Waals surface area contributed by atoms with Crippen LogP contribution >= 0.6 is 11.5 Å². The van der Waals surface area contributed by atoms with Gasteiger partial charge in [0.1, 0.15) is 4.88 Å². The molecule has 2 heterocycles. The van der Waals surface area contributed by atoms with Crippen molar-refractivity contribution >= 4 is 23.5 Å². The number of aromatic nitrogens is 2. The van der Waals surface area contributed by atoms with Crippen molar-refractivity contribution in [3.8, 4) is 0 Å². The molecule has 1 aliphatic rings. The monoisotopic (exact) mass is 339 g/mol. The Labute approximate surface area is 141 Å². The Morgan fingerprint density at radius 2 is 2.17 bits per heavy atom. The highest BCUT2D eigenvalue weighted by Gasteiger charge is 2.29. The second kappa shape index (κ2) is 7.25. The Balaban J connectivity index is 1.90. The molecule has 128 valence electrons. The van der Waals surface area contributed by atoms with Gasteiger partial charge in [0.05, 0.1) is 6.20 Å². The van der Waals surface area contributed by atoms with Gasteiger partial charge in [-0.25, -0.2) is 4.79 Å². The normalized spacial score (nSPS) is 20.0. The minimum absolute atomic E-state index is 0.00698. The minimum atomic E-state index is -0.266. The molecule has 1 fully saturated rings. The van der Waals surface area contributed by atoms with Crippen molar-refractivity contribution in [2.24, 2.45) is 5.92 Å². The summed E-state index contributed by atoms with van der Waals surface area (Å²) in [5, 5.41) is 9.61. The molecule has 7 nitrogen and oxygen atoms in total. The van der Waals surface area contributed by atoms with Crippen molar-refractivity contribution in [3.05, 3.63) is 11.1 Å². The summed E-state index contributed by atoms with van der Waals surface area (Å²) in [7, 11) is 0. The third-order valence-electron chi connectivity index (χ3n) is 3.87. The van der Waals surface area contributed by atoms with Crippen LogP contribution in [0.3, 0.4) is 0 Å². The minimum Gasteiger partial charge on any atom is -0.337 e. The molecule has 0 radical (unpaired) electrons. The number of rotatable bonds is 3. The first kappa shape index (κ1) is 17.7. The zero-order chi connectivity index (χ0) is 17.0. The number of carbonyl (C=O) groups is 2. The number of carbonyl (C=O) groups excluding carboxylic acids is 2. The molecule has 2 N–H and O–H groups in total. The zero-order valence-electron chi connectivity index (χ0n) is 14.1. The molecular formula is C15H25N5O2S. The van der Waals surface area contributed by atoms with Crippen LogP contribution in [-0.4, -0.2) is 51.1 Å². The molecule has 1 aliphatic heterocycles. The van der Waals surface area contributed by atoms with E-state index in [9.17, 15) is 9.59 Å². The Hall–Kier alpha value is -1.70. The topological polar surface area (TPSA) is 87.2 Å². The highest BCUT2D eigenvalue weighted by Crippen LogP contribution is 2.22. The van der Waals surface area contributed by atoms with Crippen molar-refractivity contribution < 1.29 is 9.59 Å². The van der Waals surface area contributed by atoms with E-state index in [0.29, 0.717) is 11.4 Å². The van der Waals surface area contributed by atoms with Gasteiger partial charge < -0.3 is 15.5 Å². The Morgan fingerprint density at radius 1 is 1.43 bits per heavy atom. The first-order chi connectivity index (χ1) is 10.8. The fourth-order valence-electron chi connectivity index (χ4n) is 2.72. The van der Waals surface area contributed by atoms with Crippen LogP contribution in [0.5, 0.6) is 0 Å². The number of likely N-dealkylation sites (tertiary alicyclic amines) is 1. The highest BCUT2D eigenvalue weighted by atomic mass is 32.1. The molecule has 3 amide bonds. The summed E-state index contributed by atoms with van der Waals surface area (Å²) in [6.45, 7) is 9.22. The fourth-order valence-corrected chi connectivity index (χ4v) is 3.20. The van der Waals surface area contributed by atoms with Crippen LogP contribution in [0, 0.1) is 5.92 Å². The van der Waals surface area contributed by atoms with E-state index in [1.54, 1.807) is 0 Å². The quantitative estimate of drug-likeness (QED) is 0.880. The number of hydrogen-bond acceptors (Lipinski definition) is 5. The van der Waals surface area contributed by atoms with Crippen LogP contribution in [0.1, 0.15) is 50.2 Å². The molecule has 0 bridgehead atoms. The summed E-state index contributed by atoms with van der Waals surface area (Å²) < 4.78 is 3.74. The summed E-state index contributed by atoms with van der Waals surface area (Å²) in [4.78, 5) is 26.8. The van der Waals surface area contributed by atoms with Crippen molar-refractivity contribution in [2.75, 3.05) is 13.1 Å². The second-order valence-electron chi connectivity index (χ2n) is 7.07. The zero-order valence-corrected chi connectivity index (χ0v) is 14.9. The van der Waals surface area contributed by atoms with E-state index in [-0.39, 0.29) is 29.4 Å². The predicted octanol–water partition coefficient (Wildman–Crippen LogP) is 1.88. The number of piperidine rings is 1. The van der Waals surface area contributed by atoms with Gasteiger partial charge in [0.25, 0.3) is 5.91 Å². The second-order valence-corrected chi connectivity index (χ2v) is 7.86. The van der Waals surface area contributed by atoms with Crippen molar-refractivity contribution in [1.82, 2.24) is 25.1 Å². The predicted molar refractivity (Wildman–Crippen MR) is 89.4 cm³/mol. The molecule has 8 heteroatoms. The lowest BCUT2D eigenvalue weighted by Gasteiger charge is -2.36. The third kappa shape index (κ3) is 5.16. The third-order valence-corrected chi connectivity index (χ3v) is 4.52. The van der Waals surface area contributed by atoms with Crippen LogP contribution in [0.15, 0.2) is 6.20 Å². The number of amides is 3. The number of nitrogens with zero attached hydrogens (tertiary/aromatic N) is 3. The van der Waals surface area contributed by atoms with E-state index >= 15 is 0 Å². The Kier molecular flexibility index (Phi) is 5.56. The van der Waals surface area contributed by atoms with Crippen LogP contribution in [-0.2, 0) is 0 Å². The maximum absolute atomic E-state index is 12.4.